The number of rotatable bonds is 2. The summed E-state index contributed by atoms with van der Waals surface area (Å²) in [5.41, 5.74) is 8.35. The summed E-state index contributed by atoms with van der Waals surface area (Å²) in [5.74, 6) is 1.69. The van der Waals surface area contributed by atoms with Gasteiger partial charge in [-0.05, 0) is 35.8 Å². The molecule has 1 aliphatic carbocycles. The second kappa shape index (κ2) is 4.80. The summed E-state index contributed by atoms with van der Waals surface area (Å²) < 4.78 is 0. The third-order valence-corrected chi connectivity index (χ3v) is 3.62. The molecule has 0 bridgehead atoms. The fraction of sp³-hybridized carbons (Fsp3) is 0.571. The molecule has 0 spiro atoms. The topological polar surface area (TPSA) is 26.0 Å². The normalized spacial score (nSPS) is 26.5. The monoisotopic (exact) mass is 203 g/mol. The minimum absolute atomic E-state index is 0.654. The highest BCUT2D eigenvalue weighted by atomic mass is 14.5. The Hall–Kier alpha value is -0.820. The van der Waals surface area contributed by atoms with Crippen molar-refractivity contribution in [2.45, 2.75) is 45.1 Å². The molecular formula is C14H21N. The first kappa shape index (κ1) is 10.7. The first-order valence-electron chi connectivity index (χ1n) is 6.08. The van der Waals surface area contributed by atoms with E-state index in [1.165, 1.54) is 36.8 Å². The van der Waals surface area contributed by atoms with Crippen molar-refractivity contribution >= 4 is 0 Å². The zero-order valence-electron chi connectivity index (χ0n) is 9.58. The van der Waals surface area contributed by atoms with Crippen LogP contribution in [0.2, 0.25) is 0 Å². The minimum atomic E-state index is 0.654. The molecular weight excluding hydrogens is 182 g/mol. The van der Waals surface area contributed by atoms with Gasteiger partial charge in [0.05, 0.1) is 0 Å². The number of benzene rings is 1. The first-order valence-corrected chi connectivity index (χ1v) is 6.08. The summed E-state index contributed by atoms with van der Waals surface area (Å²) in [7, 11) is 0. The maximum absolute atomic E-state index is 5.60. The van der Waals surface area contributed by atoms with Gasteiger partial charge in [0.2, 0.25) is 0 Å². The molecule has 82 valence electrons. The van der Waals surface area contributed by atoms with Crippen molar-refractivity contribution in [1.82, 2.24) is 0 Å². The molecule has 0 amide bonds. The summed E-state index contributed by atoms with van der Waals surface area (Å²) in [5, 5.41) is 0. The molecule has 1 fully saturated rings. The Bertz CT molecular complexity index is 302. The van der Waals surface area contributed by atoms with Gasteiger partial charge in [0.1, 0.15) is 0 Å². The molecule has 2 atom stereocenters. The van der Waals surface area contributed by atoms with E-state index in [2.05, 4.69) is 31.2 Å². The van der Waals surface area contributed by atoms with Gasteiger partial charge < -0.3 is 5.73 Å². The largest absolute Gasteiger partial charge is 0.326 e. The highest BCUT2D eigenvalue weighted by Crippen LogP contribution is 2.35. The number of hydrogen-bond donors (Lipinski definition) is 1. The van der Waals surface area contributed by atoms with Crippen LogP contribution >= 0.6 is 0 Å². The van der Waals surface area contributed by atoms with Crippen molar-refractivity contribution in [2.24, 2.45) is 11.7 Å². The Morgan fingerprint density at radius 2 is 1.93 bits per heavy atom. The fourth-order valence-electron chi connectivity index (χ4n) is 2.66. The fourth-order valence-corrected chi connectivity index (χ4v) is 2.66. The summed E-state index contributed by atoms with van der Waals surface area (Å²) in [6, 6.07) is 8.89. The van der Waals surface area contributed by atoms with Gasteiger partial charge >= 0.3 is 0 Å². The van der Waals surface area contributed by atoms with Crippen molar-refractivity contribution in [3.8, 4) is 0 Å². The average Bonchev–Trinajstić information content (AvgIpc) is 2.29. The third kappa shape index (κ3) is 2.60. The van der Waals surface area contributed by atoms with Crippen molar-refractivity contribution in [3.63, 3.8) is 0 Å². The van der Waals surface area contributed by atoms with Gasteiger partial charge in [-0.1, -0.05) is 44.0 Å². The van der Waals surface area contributed by atoms with Crippen LogP contribution in [-0.4, -0.2) is 0 Å². The molecule has 0 aliphatic heterocycles. The lowest BCUT2D eigenvalue weighted by molar-refractivity contribution is 0.344. The van der Waals surface area contributed by atoms with Crippen LogP contribution < -0.4 is 5.73 Å². The summed E-state index contributed by atoms with van der Waals surface area (Å²) in [6.07, 6.45) is 5.54. The smallest absolute Gasteiger partial charge is 0.0178 e. The lowest BCUT2D eigenvalue weighted by atomic mass is 9.79. The highest BCUT2D eigenvalue weighted by molar-refractivity contribution is 5.25. The second-order valence-electron chi connectivity index (χ2n) is 4.91. The first-order chi connectivity index (χ1) is 7.29. The molecule has 2 rings (SSSR count). The Kier molecular flexibility index (Phi) is 3.42. The van der Waals surface area contributed by atoms with E-state index < -0.39 is 0 Å². The molecule has 0 aromatic heterocycles. The molecule has 0 heterocycles. The Balaban J connectivity index is 2.07. The Labute approximate surface area is 92.7 Å². The lowest BCUT2D eigenvalue weighted by Gasteiger charge is -2.27. The van der Waals surface area contributed by atoms with Crippen LogP contribution in [0.4, 0.5) is 0 Å². The van der Waals surface area contributed by atoms with Gasteiger partial charge in [0, 0.05) is 6.54 Å². The predicted molar refractivity (Wildman–Crippen MR) is 64.7 cm³/mol. The minimum Gasteiger partial charge on any atom is -0.326 e. The van der Waals surface area contributed by atoms with E-state index >= 15 is 0 Å². The van der Waals surface area contributed by atoms with Crippen LogP contribution in [0.1, 0.15) is 49.7 Å². The maximum atomic E-state index is 5.60. The maximum Gasteiger partial charge on any atom is 0.0178 e. The lowest BCUT2D eigenvalue weighted by Crippen LogP contribution is -2.11. The van der Waals surface area contributed by atoms with Gasteiger partial charge in [0.15, 0.2) is 0 Å². The van der Waals surface area contributed by atoms with Crippen molar-refractivity contribution in [2.75, 3.05) is 0 Å². The van der Waals surface area contributed by atoms with E-state index in [1.807, 2.05) is 0 Å². The third-order valence-electron chi connectivity index (χ3n) is 3.62. The standard InChI is InChI=1S/C14H21N/c1-11-3-2-4-14(9-11)13-7-5-12(10-15)6-8-13/h5-8,11,14H,2-4,9-10,15H2,1H3. The van der Waals surface area contributed by atoms with E-state index in [1.54, 1.807) is 0 Å². The molecule has 1 nitrogen and oxygen atoms in total. The van der Waals surface area contributed by atoms with E-state index in [0.29, 0.717) is 6.54 Å². The van der Waals surface area contributed by atoms with Crippen LogP contribution in [-0.2, 0) is 6.54 Å². The van der Waals surface area contributed by atoms with Gasteiger partial charge in [-0.25, -0.2) is 0 Å². The Morgan fingerprint density at radius 1 is 1.20 bits per heavy atom. The van der Waals surface area contributed by atoms with Gasteiger partial charge in [-0.2, -0.15) is 0 Å². The molecule has 1 aliphatic rings. The van der Waals surface area contributed by atoms with Crippen LogP contribution in [0.15, 0.2) is 24.3 Å². The van der Waals surface area contributed by atoms with E-state index in [4.69, 9.17) is 5.73 Å². The second-order valence-corrected chi connectivity index (χ2v) is 4.91. The highest BCUT2D eigenvalue weighted by Gasteiger charge is 2.19. The molecule has 2 unspecified atom stereocenters. The van der Waals surface area contributed by atoms with Gasteiger partial charge in [-0.15, -0.1) is 0 Å². The SMILES string of the molecule is CC1CCCC(c2ccc(CN)cc2)C1. The average molecular weight is 203 g/mol. The van der Waals surface area contributed by atoms with Crippen molar-refractivity contribution in [1.29, 1.82) is 0 Å². The van der Waals surface area contributed by atoms with Gasteiger partial charge in [-0.3, -0.25) is 0 Å². The quantitative estimate of drug-likeness (QED) is 0.783. The summed E-state index contributed by atoms with van der Waals surface area (Å²) >= 11 is 0. The molecule has 15 heavy (non-hydrogen) atoms. The van der Waals surface area contributed by atoms with Crippen LogP contribution in [0, 0.1) is 5.92 Å². The molecule has 1 aromatic rings. The van der Waals surface area contributed by atoms with Crippen molar-refractivity contribution in [3.05, 3.63) is 35.4 Å². The number of hydrogen-bond acceptors (Lipinski definition) is 1. The Morgan fingerprint density at radius 3 is 2.53 bits per heavy atom. The number of nitrogens with two attached hydrogens (primary N) is 1. The molecule has 1 heteroatoms. The zero-order chi connectivity index (χ0) is 10.7. The van der Waals surface area contributed by atoms with Crippen LogP contribution in [0.3, 0.4) is 0 Å². The molecule has 0 radical (unpaired) electrons. The molecule has 1 saturated carbocycles. The summed E-state index contributed by atoms with van der Waals surface area (Å²) in [6.45, 7) is 3.03. The molecule has 0 saturated heterocycles. The van der Waals surface area contributed by atoms with Crippen LogP contribution in [0.5, 0.6) is 0 Å². The van der Waals surface area contributed by atoms with E-state index in [-0.39, 0.29) is 0 Å². The van der Waals surface area contributed by atoms with Crippen LogP contribution in [0.25, 0.3) is 0 Å². The zero-order valence-corrected chi connectivity index (χ0v) is 9.58. The molecule has 1 aromatic carbocycles. The predicted octanol–water partition coefficient (Wildman–Crippen LogP) is 3.44. The van der Waals surface area contributed by atoms with E-state index in [0.717, 1.165) is 11.8 Å². The van der Waals surface area contributed by atoms with Crippen molar-refractivity contribution < 1.29 is 0 Å². The summed E-state index contributed by atoms with van der Waals surface area (Å²) in [4.78, 5) is 0. The van der Waals surface area contributed by atoms with Gasteiger partial charge in [0.25, 0.3) is 0 Å². The van der Waals surface area contributed by atoms with E-state index in [9.17, 15) is 0 Å². The molecule has 2 N–H and O–H groups in total.